The molecule has 102 valence electrons. The van der Waals surface area contributed by atoms with Crippen molar-refractivity contribution >= 4 is 12.2 Å². The van der Waals surface area contributed by atoms with E-state index < -0.39 is 0 Å². The lowest BCUT2D eigenvalue weighted by molar-refractivity contribution is -0.104. The largest absolute Gasteiger partial charge is 0.325 e. The standard InChI is InChI=1S/C15H21N3O/c1-6-14(17-15-16-7-8-18(15)5)13(10-19)9-12(4)11(2)3/h6-11H,4H2,1-3,5H3,(H,16,17)/b13-9-,14-6+. The Bertz CT molecular complexity index is 521. The van der Waals surface area contributed by atoms with Gasteiger partial charge in [0.1, 0.15) is 0 Å². The lowest BCUT2D eigenvalue weighted by Crippen LogP contribution is -2.08. The lowest BCUT2D eigenvalue weighted by Gasteiger charge is -2.12. The second-order valence-corrected chi connectivity index (χ2v) is 4.64. The van der Waals surface area contributed by atoms with Gasteiger partial charge in [-0.05, 0) is 18.9 Å². The molecule has 19 heavy (non-hydrogen) atoms. The smallest absolute Gasteiger partial charge is 0.207 e. The maximum atomic E-state index is 11.3. The molecule has 1 aromatic rings. The molecule has 1 N–H and O–H groups in total. The topological polar surface area (TPSA) is 46.9 Å². The van der Waals surface area contributed by atoms with E-state index in [0.29, 0.717) is 17.4 Å². The van der Waals surface area contributed by atoms with Crippen LogP contribution in [0.1, 0.15) is 20.8 Å². The molecule has 0 radical (unpaired) electrons. The van der Waals surface area contributed by atoms with E-state index in [0.717, 1.165) is 17.6 Å². The molecule has 1 aromatic heterocycles. The number of aldehydes is 1. The molecule has 4 nitrogen and oxygen atoms in total. The van der Waals surface area contributed by atoms with Gasteiger partial charge in [0.05, 0.1) is 0 Å². The lowest BCUT2D eigenvalue weighted by atomic mass is 10.0. The van der Waals surface area contributed by atoms with Crippen LogP contribution in [0.3, 0.4) is 0 Å². The molecule has 0 aliphatic carbocycles. The van der Waals surface area contributed by atoms with Gasteiger partial charge in [-0.2, -0.15) is 0 Å². The zero-order chi connectivity index (χ0) is 14.4. The van der Waals surface area contributed by atoms with Crippen LogP contribution in [0.2, 0.25) is 0 Å². The number of rotatable bonds is 6. The van der Waals surface area contributed by atoms with Crippen molar-refractivity contribution in [2.24, 2.45) is 13.0 Å². The SMILES string of the molecule is C=C(/C=C(C=O)\C(=C/C)Nc1nccn1C)C(C)C. The molecule has 0 saturated heterocycles. The zero-order valence-electron chi connectivity index (χ0n) is 12.0. The Morgan fingerprint density at radius 3 is 2.63 bits per heavy atom. The Balaban J connectivity index is 2.98. The van der Waals surface area contributed by atoms with Crippen LogP contribution in [0, 0.1) is 5.92 Å². The average Bonchev–Trinajstić information content (AvgIpc) is 2.78. The minimum absolute atomic E-state index is 0.307. The van der Waals surface area contributed by atoms with Crippen LogP contribution < -0.4 is 5.32 Å². The maximum absolute atomic E-state index is 11.3. The fourth-order valence-electron chi connectivity index (χ4n) is 1.46. The third-order valence-electron chi connectivity index (χ3n) is 2.88. The first-order chi connectivity index (χ1) is 8.99. The van der Waals surface area contributed by atoms with Crippen molar-refractivity contribution in [1.29, 1.82) is 0 Å². The molecular formula is C15H21N3O. The van der Waals surface area contributed by atoms with E-state index in [2.05, 4.69) is 16.9 Å². The molecule has 0 spiro atoms. The summed E-state index contributed by atoms with van der Waals surface area (Å²) in [6.45, 7) is 9.93. The van der Waals surface area contributed by atoms with Crippen molar-refractivity contribution in [3.05, 3.63) is 48.0 Å². The zero-order valence-corrected chi connectivity index (χ0v) is 12.0. The predicted octanol–water partition coefficient (Wildman–Crippen LogP) is 3.07. The number of hydrogen-bond acceptors (Lipinski definition) is 3. The summed E-state index contributed by atoms with van der Waals surface area (Å²) in [5.41, 5.74) is 2.22. The third kappa shape index (κ3) is 3.95. The Morgan fingerprint density at radius 2 is 2.21 bits per heavy atom. The molecule has 1 heterocycles. The molecule has 0 saturated carbocycles. The Morgan fingerprint density at radius 1 is 1.53 bits per heavy atom. The normalized spacial score (nSPS) is 12.7. The summed E-state index contributed by atoms with van der Waals surface area (Å²) < 4.78 is 1.85. The maximum Gasteiger partial charge on any atom is 0.207 e. The first-order valence-corrected chi connectivity index (χ1v) is 6.26. The molecule has 4 heteroatoms. The molecule has 0 fully saturated rings. The van der Waals surface area contributed by atoms with Crippen LogP contribution in [-0.2, 0) is 11.8 Å². The van der Waals surface area contributed by atoms with Gasteiger partial charge in [0, 0.05) is 30.7 Å². The summed E-state index contributed by atoms with van der Waals surface area (Å²) in [4.78, 5) is 15.4. The molecule has 0 aromatic carbocycles. The van der Waals surface area contributed by atoms with Crippen molar-refractivity contribution in [2.75, 3.05) is 5.32 Å². The Hall–Kier alpha value is -2.10. The van der Waals surface area contributed by atoms with Gasteiger partial charge in [-0.1, -0.05) is 32.1 Å². The average molecular weight is 259 g/mol. The summed E-state index contributed by atoms with van der Waals surface area (Å²) >= 11 is 0. The van der Waals surface area contributed by atoms with Gasteiger partial charge in [0.25, 0.3) is 0 Å². The number of allylic oxidation sites excluding steroid dienone is 4. The van der Waals surface area contributed by atoms with Crippen LogP contribution in [0.15, 0.2) is 48.0 Å². The van der Waals surface area contributed by atoms with Gasteiger partial charge in [0.15, 0.2) is 6.29 Å². The first kappa shape index (κ1) is 15.0. The van der Waals surface area contributed by atoms with Crippen LogP contribution >= 0.6 is 0 Å². The van der Waals surface area contributed by atoms with E-state index in [9.17, 15) is 4.79 Å². The highest BCUT2D eigenvalue weighted by Crippen LogP contribution is 2.17. The van der Waals surface area contributed by atoms with Gasteiger partial charge in [-0.15, -0.1) is 0 Å². The van der Waals surface area contributed by atoms with Crippen molar-refractivity contribution in [1.82, 2.24) is 9.55 Å². The minimum atomic E-state index is 0.307. The van der Waals surface area contributed by atoms with Crippen molar-refractivity contribution < 1.29 is 4.79 Å². The van der Waals surface area contributed by atoms with Gasteiger partial charge in [0.2, 0.25) is 5.95 Å². The van der Waals surface area contributed by atoms with Crippen LogP contribution in [0.5, 0.6) is 0 Å². The summed E-state index contributed by atoms with van der Waals surface area (Å²) in [7, 11) is 1.89. The predicted molar refractivity (Wildman–Crippen MR) is 78.7 cm³/mol. The number of aryl methyl sites for hydroxylation is 1. The summed E-state index contributed by atoms with van der Waals surface area (Å²) in [5.74, 6) is 0.997. The van der Waals surface area contributed by atoms with Crippen molar-refractivity contribution in [3.63, 3.8) is 0 Å². The second kappa shape index (κ2) is 6.73. The van der Waals surface area contributed by atoms with E-state index in [4.69, 9.17) is 0 Å². The summed E-state index contributed by atoms with van der Waals surface area (Å²) in [5, 5.41) is 3.14. The van der Waals surface area contributed by atoms with Crippen molar-refractivity contribution in [3.8, 4) is 0 Å². The molecule has 0 unspecified atom stereocenters. The van der Waals surface area contributed by atoms with Crippen LogP contribution in [0.25, 0.3) is 0 Å². The van der Waals surface area contributed by atoms with E-state index in [1.807, 2.05) is 50.7 Å². The van der Waals surface area contributed by atoms with Gasteiger partial charge < -0.3 is 9.88 Å². The second-order valence-electron chi connectivity index (χ2n) is 4.64. The van der Waals surface area contributed by atoms with Gasteiger partial charge in [-0.25, -0.2) is 4.98 Å². The van der Waals surface area contributed by atoms with Crippen molar-refractivity contribution in [2.45, 2.75) is 20.8 Å². The molecule has 0 amide bonds. The highest BCUT2D eigenvalue weighted by molar-refractivity contribution is 5.82. The highest BCUT2D eigenvalue weighted by atomic mass is 16.1. The third-order valence-corrected chi connectivity index (χ3v) is 2.88. The van der Waals surface area contributed by atoms with Gasteiger partial charge >= 0.3 is 0 Å². The molecule has 0 atom stereocenters. The Labute approximate surface area is 114 Å². The van der Waals surface area contributed by atoms with E-state index >= 15 is 0 Å². The van der Waals surface area contributed by atoms with E-state index in [1.54, 1.807) is 6.20 Å². The quantitative estimate of drug-likeness (QED) is 0.485. The van der Waals surface area contributed by atoms with Crippen LogP contribution in [-0.4, -0.2) is 15.8 Å². The number of carbonyl (C=O) groups is 1. The molecule has 1 rings (SSSR count). The van der Waals surface area contributed by atoms with Crippen LogP contribution in [0.4, 0.5) is 5.95 Å². The number of carbonyl (C=O) groups excluding carboxylic acids is 1. The van der Waals surface area contributed by atoms with E-state index in [1.165, 1.54) is 0 Å². The summed E-state index contributed by atoms with van der Waals surface area (Å²) in [6, 6.07) is 0. The monoisotopic (exact) mass is 259 g/mol. The number of hydrogen-bond donors (Lipinski definition) is 1. The molecule has 0 bridgehead atoms. The van der Waals surface area contributed by atoms with E-state index in [-0.39, 0.29) is 0 Å². The first-order valence-electron chi connectivity index (χ1n) is 6.26. The number of anilines is 1. The Kier molecular flexibility index (Phi) is 5.30. The number of aromatic nitrogens is 2. The highest BCUT2D eigenvalue weighted by Gasteiger charge is 2.08. The minimum Gasteiger partial charge on any atom is -0.325 e. The fraction of sp³-hybridized carbons (Fsp3) is 0.333. The number of nitrogens with zero attached hydrogens (tertiary/aromatic N) is 2. The molecule has 0 aliphatic heterocycles. The summed E-state index contributed by atoms with van der Waals surface area (Å²) in [6.07, 6.45) is 8.03. The van der Waals surface area contributed by atoms with Gasteiger partial charge in [-0.3, -0.25) is 4.79 Å². The fourth-order valence-corrected chi connectivity index (χ4v) is 1.46. The molecular weight excluding hydrogens is 238 g/mol. The molecule has 0 aliphatic rings. The number of nitrogens with one attached hydrogen (secondary N) is 1. The number of imidazole rings is 1.